The van der Waals surface area contributed by atoms with Crippen LogP contribution >= 0.6 is 0 Å². The Morgan fingerprint density at radius 1 is 1.35 bits per heavy atom. The molecule has 17 heavy (non-hydrogen) atoms. The molecule has 0 aliphatic heterocycles. The van der Waals surface area contributed by atoms with Crippen LogP contribution in [0.1, 0.15) is 11.1 Å². The van der Waals surface area contributed by atoms with Crippen molar-refractivity contribution < 1.29 is 24.3 Å². The Kier molecular flexibility index (Phi) is 2.69. The SMILES string of the molecule is N[C@]1(C(=O)O)Cc2cc(F)c(B(O)O)cc2C1. The third-order valence-corrected chi connectivity index (χ3v) is 3.03. The van der Waals surface area contributed by atoms with Crippen LogP contribution in [0.15, 0.2) is 12.1 Å². The largest absolute Gasteiger partial charge is 0.491 e. The van der Waals surface area contributed by atoms with E-state index in [4.69, 9.17) is 20.9 Å². The first-order valence-corrected chi connectivity index (χ1v) is 5.03. The Labute approximate surface area is 96.8 Å². The highest BCUT2D eigenvalue weighted by atomic mass is 19.1. The molecule has 1 aliphatic carbocycles. The number of nitrogens with two attached hydrogens (primary N) is 1. The highest BCUT2D eigenvalue weighted by Crippen LogP contribution is 2.28. The molecule has 90 valence electrons. The number of rotatable bonds is 2. The van der Waals surface area contributed by atoms with Gasteiger partial charge in [0, 0.05) is 18.3 Å². The maximum atomic E-state index is 13.4. The number of carbonyl (C=O) groups is 1. The molecule has 7 heteroatoms. The van der Waals surface area contributed by atoms with Gasteiger partial charge in [-0.3, -0.25) is 4.79 Å². The monoisotopic (exact) mass is 239 g/mol. The Balaban J connectivity index is 2.43. The quantitative estimate of drug-likeness (QED) is 0.464. The lowest BCUT2D eigenvalue weighted by Crippen LogP contribution is -2.48. The van der Waals surface area contributed by atoms with E-state index in [2.05, 4.69) is 0 Å². The molecule has 1 aliphatic rings. The van der Waals surface area contributed by atoms with Gasteiger partial charge in [0.2, 0.25) is 0 Å². The van der Waals surface area contributed by atoms with E-state index in [-0.39, 0.29) is 18.3 Å². The summed E-state index contributed by atoms with van der Waals surface area (Å²) in [5, 5.41) is 26.9. The third kappa shape index (κ3) is 1.92. The second-order valence-corrected chi connectivity index (χ2v) is 4.33. The lowest BCUT2D eigenvalue weighted by Gasteiger charge is -2.16. The smallest absolute Gasteiger partial charge is 0.480 e. The molecule has 0 amide bonds. The molecule has 1 aromatic carbocycles. The predicted molar refractivity (Wildman–Crippen MR) is 58.2 cm³/mol. The first-order valence-electron chi connectivity index (χ1n) is 5.03. The van der Waals surface area contributed by atoms with E-state index >= 15 is 0 Å². The van der Waals surface area contributed by atoms with Crippen LogP contribution in [0.3, 0.4) is 0 Å². The van der Waals surface area contributed by atoms with Crippen molar-refractivity contribution in [1.82, 2.24) is 0 Å². The Hall–Kier alpha value is -1.44. The third-order valence-electron chi connectivity index (χ3n) is 3.03. The van der Waals surface area contributed by atoms with Crippen molar-refractivity contribution in [2.45, 2.75) is 18.4 Å². The minimum atomic E-state index is -1.92. The van der Waals surface area contributed by atoms with Gasteiger partial charge in [-0.15, -0.1) is 0 Å². The normalized spacial score (nSPS) is 22.4. The fourth-order valence-electron chi connectivity index (χ4n) is 2.10. The van der Waals surface area contributed by atoms with Crippen LogP contribution in [-0.4, -0.2) is 33.8 Å². The molecule has 0 heterocycles. The van der Waals surface area contributed by atoms with Crippen LogP contribution in [0.25, 0.3) is 0 Å². The maximum absolute atomic E-state index is 13.4. The summed E-state index contributed by atoms with van der Waals surface area (Å²) in [5.41, 5.74) is 5.02. The highest BCUT2D eigenvalue weighted by molar-refractivity contribution is 6.58. The lowest BCUT2D eigenvalue weighted by atomic mass is 9.78. The number of aliphatic carboxylic acids is 1. The minimum Gasteiger partial charge on any atom is -0.480 e. The van der Waals surface area contributed by atoms with Crippen molar-refractivity contribution in [3.05, 3.63) is 29.1 Å². The van der Waals surface area contributed by atoms with Crippen LogP contribution in [-0.2, 0) is 17.6 Å². The van der Waals surface area contributed by atoms with Gasteiger partial charge < -0.3 is 20.9 Å². The summed E-state index contributed by atoms with van der Waals surface area (Å²) < 4.78 is 13.4. The van der Waals surface area contributed by atoms with Gasteiger partial charge in [0.15, 0.2) is 0 Å². The molecule has 0 radical (unpaired) electrons. The Bertz CT molecular complexity index is 493. The van der Waals surface area contributed by atoms with Gasteiger partial charge in [0.25, 0.3) is 0 Å². The number of carboxylic acid groups (broad SMARTS) is 1. The van der Waals surface area contributed by atoms with Crippen LogP contribution in [0.5, 0.6) is 0 Å². The van der Waals surface area contributed by atoms with Crippen LogP contribution < -0.4 is 11.2 Å². The summed E-state index contributed by atoms with van der Waals surface area (Å²) in [6.45, 7) is 0. The molecule has 0 aromatic heterocycles. The predicted octanol–water partition coefficient (Wildman–Crippen LogP) is -1.61. The van der Waals surface area contributed by atoms with Crippen LogP contribution in [0.4, 0.5) is 4.39 Å². The molecule has 1 aromatic rings. The van der Waals surface area contributed by atoms with Gasteiger partial charge in [0.05, 0.1) is 0 Å². The summed E-state index contributed by atoms with van der Waals surface area (Å²) in [5.74, 6) is -1.92. The van der Waals surface area contributed by atoms with Crippen molar-refractivity contribution in [3.63, 3.8) is 0 Å². The number of benzene rings is 1. The van der Waals surface area contributed by atoms with E-state index in [9.17, 15) is 9.18 Å². The second-order valence-electron chi connectivity index (χ2n) is 4.33. The molecule has 0 saturated carbocycles. The number of halogens is 1. The van der Waals surface area contributed by atoms with Crippen molar-refractivity contribution >= 4 is 18.6 Å². The lowest BCUT2D eigenvalue weighted by molar-refractivity contribution is -0.142. The molecule has 1 atom stereocenters. The minimum absolute atomic E-state index is 0.0381. The van der Waals surface area contributed by atoms with E-state index in [0.29, 0.717) is 11.1 Å². The fourth-order valence-corrected chi connectivity index (χ4v) is 2.10. The van der Waals surface area contributed by atoms with Gasteiger partial charge in [-0.1, -0.05) is 6.07 Å². The van der Waals surface area contributed by atoms with E-state index in [1.807, 2.05) is 0 Å². The Morgan fingerprint density at radius 2 is 1.88 bits per heavy atom. The van der Waals surface area contributed by atoms with Gasteiger partial charge in [-0.05, 0) is 17.2 Å². The zero-order chi connectivity index (χ0) is 12.8. The number of carboxylic acids is 1. The zero-order valence-corrected chi connectivity index (χ0v) is 8.85. The van der Waals surface area contributed by atoms with Gasteiger partial charge in [-0.25, -0.2) is 4.39 Å². The first-order chi connectivity index (χ1) is 7.83. The maximum Gasteiger partial charge on any atom is 0.491 e. The molecule has 0 fully saturated rings. The summed E-state index contributed by atoms with van der Waals surface area (Å²) in [7, 11) is -1.92. The molecule has 0 spiro atoms. The molecular formula is C10H11BFNO4. The van der Waals surface area contributed by atoms with Gasteiger partial charge in [-0.2, -0.15) is 0 Å². The summed E-state index contributed by atoms with van der Waals surface area (Å²) >= 11 is 0. The summed E-state index contributed by atoms with van der Waals surface area (Å²) in [6, 6.07) is 2.37. The molecular weight excluding hydrogens is 228 g/mol. The molecule has 2 rings (SSSR count). The summed E-state index contributed by atoms with van der Waals surface area (Å²) in [4.78, 5) is 11.0. The van der Waals surface area contributed by atoms with Crippen LogP contribution in [0, 0.1) is 5.82 Å². The van der Waals surface area contributed by atoms with E-state index in [1.165, 1.54) is 6.07 Å². The van der Waals surface area contributed by atoms with Crippen molar-refractivity contribution in [1.29, 1.82) is 0 Å². The molecule has 0 saturated heterocycles. The standard InChI is InChI=1S/C10H11BFNO4/c12-8-2-6-4-10(13,9(14)15)3-5(6)1-7(8)11(16)17/h1-2,16-17H,3-4,13H2,(H,14,15)/t10-/m0/s1. The van der Waals surface area contributed by atoms with E-state index in [0.717, 1.165) is 6.07 Å². The number of hydrogen-bond donors (Lipinski definition) is 4. The van der Waals surface area contributed by atoms with Gasteiger partial charge >= 0.3 is 13.1 Å². The zero-order valence-electron chi connectivity index (χ0n) is 8.85. The number of hydrogen-bond acceptors (Lipinski definition) is 4. The molecule has 0 bridgehead atoms. The molecule has 5 N–H and O–H groups in total. The Morgan fingerprint density at radius 3 is 2.35 bits per heavy atom. The first kappa shape index (κ1) is 12.0. The summed E-state index contributed by atoms with van der Waals surface area (Å²) in [6.07, 6.45) is 0.0913. The second kappa shape index (κ2) is 3.80. The van der Waals surface area contributed by atoms with Crippen molar-refractivity contribution in [2.24, 2.45) is 5.73 Å². The average Bonchev–Trinajstić information content (AvgIpc) is 2.53. The van der Waals surface area contributed by atoms with Crippen molar-refractivity contribution in [2.75, 3.05) is 0 Å². The van der Waals surface area contributed by atoms with Crippen LogP contribution in [0.2, 0.25) is 0 Å². The highest BCUT2D eigenvalue weighted by Gasteiger charge is 2.41. The van der Waals surface area contributed by atoms with Crippen molar-refractivity contribution in [3.8, 4) is 0 Å². The fraction of sp³-hybridized carbons (Fsp3) is 0.300. The molecule has 0 unspecified atom stereocenters. The number of fused-ring (bicyclic) bond motifs is 1. The van der Waals surface area contributed by atoms with E-state index in [1.54, 1.807) is 0 Å². The van der Waals surface area contributed by atoms with Gasteiger partial charge in [0.1, 0.15) is 11.4 Å². The van der Waals surface area contributed by atoms with E-state index < -0.39 is 24.4 Å². The average molecular weight is 239 g/mol. The molecule has 5 nitrogen and oxygen atoms in total. The topological polar surface area (TPSA) is 104 Å².